The summed E-state index contributed by atoms with van der Waals surface area (Å²) in [5.41, 5.74) is 6.60. The van der Waals surface area contributed by atoms with Crippen molar-refractivity contribution in [2.45, 2.75) is 43.4 Å². The van der Waals surface area contributed by atoms with Crippen LogP contribution in [-0.4, -0.2) is 66.5 Å². The van der Waals surface area contributed by atoms with E-state index < -0.39 is 53.3 Å². The van der Waals surface area contributed by atoms with Crippen LogP contribution in [0.15, 0.2) is 0 Å². The average molecular weight is 344 g/mol. The lowest BCUT2D eigenvalue weighted by molar-refractivity contribution is -0.271. The number of anilines is 1. The standard InChI is InChI=1S/C13H20N4O7/c1-2-3-6(19)12(22)9(20)5(4-18)24-13(12,23)8-7(10(14)21)16-11(15)17-8/h5,9,18,20,22-23H,2-4H2,1H3,(H2,14,21)(H3,15,16,17)/t5-,9-,12+,13+/m1/s1. The number of H-pyrrole nitrogens is 1. The van der Waals surface area contributed by atoms with Gasteiger partial charge in [-0.25, -0.2) is 4.98 Å². The lowest BCUT2D eigenvalue weighted by atomic mass is 9.80. The smallest absolute Gasteiger partial charge is 0.269 e. The highest BCUT2D eigenvalue weighted by molar-refractivity contribution is 5.94. The van der Waals surface area contributed by atoms with Crippen LogP contribution in [0.25, 0.3) is 0 Å². The van der Waals surface area contributed by atoms with Gasteiger partial charge >= 0.3 is 0 Å². The molecule has 0 saturated carbocycles. The molecular formula is C13H20N4O7. The molecule has 0 aliphatic carbocycles. The second kappa shape index (κ2) is 6.11. The maximum Gasteiger partial charge on any atom is 0.269 e. The highest BCUT2D eigenvalue weighted by Crippen LogP contribution is 2.47. The summed E-state index contributed by atoms with van der Waals surface area (Å²) in [6.45, 7) is 0.843. The number of primary amides is 1. The quantitative estimate of drug-likeness (QED) is 0.282. The van der Waals surface area contributed by atoms with Gasteiger partial charge in [-0.1, -0.05) is 6.92 Å². The molecule has 1 saturated heterocycles. The average Bonchev–Trinajstić information content (AvgIpc) is 3.01. The van der Waals surface area contributed by atoms with Crippen LogP contribution in [-0.2, 0) is 15.3 Å². The summed E-state index contributed by atoms with van der Waals surface area (Å²) in [6.07, 6.45) is -3.35. The number of aliphatic hydroxyl groups excluding tert-OH is 2. The minimum Gasteiger partial charge on any atom is -0.394 e. The normalized spacial score (nSPS) is 32.9. The Bertz CT molecular complexity index is 663. The molecule has 2 heterocycles. The third-order valence-corrected chi connectivity index (χ3v) is 4.00. The second-order valence-corrected chi connectivity index (χ2v) is 5.58. The summed E-state index contributed by atoms with van der Waals surface area (Å²) < 4.78 is 5.13. The summed E-state index contributed by atoms with van der Waals surface area (Å²) in [5.74, 6) is -5.29. The van der Waals surface area contributed by atoms with Gasteiger partial charge in [0, 0.05) is 6.42 Å². The van der Waals surface area contributed by atoms with Crippen molar-refractivity contribution in [3.8, 4) is 0 Å². The van der Waals surface area contributed by atoms with Gasteiger partial charge in [-0.05, 0) is 6.42 Å². The zero-order valence-corrected chi connectivity index (χ0v) is 12.9. The van der Waals surface area contributed by atoms with Crippen molar-refractivity contribution in [2.24, 2.45) is 5.73 Å². The molecule has 1 aromatic rings. The van der Waals surface area contributed by atoms with E-state index in [2.05, 4.69) is 9.97 Å². The minimum atomic E-state index is -2.90. The first kappa shape index (κ1) is 18.3. The van der Waals surface area contributed by atoms with Gasteiger partial charge in [0.05, 0.1) is 6.61 Å². The van der Waals surface area contributed by atoms with E-state index in [1.54, 1.807) is 6.92 Å². The van der Waals surface area contributed by atoms with Gasteiger partial charge in [0.15, 0.2) is 17.4 Å². The molecule has 1 amide bonds. The molecule has 24 heavy (non-hydrogen) atoms. The summed E-state index contributed by atoms with van der Waals surface area (Å²) in [6, 6.07) is 0. The molecule has 1 aliphatic rings. The number of aliphatic hydroxyl groups is 4. The second-order valence-electron chi connectivity index (χ2n) is 5.58. The molecule has 1 aliphatic heterocycles. The number of nitrogens with two attached hydrogens (primary N) is 2. The number of hydrogen-bond acceptors (Lipinski definition) is 9. The highest BCUT2D eigenvalue weighted by Gasteiger charge is 2.70. The zero-order valence-electron chi connectivity index (χ0n) is 12.9. The van der Waals surface area contributed by atoms with E-state index in [0.29, 0.717) is 6.42 Å². The molecule has 1 aromatic heterocycles. The third-order valence-electron chi connectivity index (χ3n) is 4.00. The number of nitrogens with one attached hydrogen (secondary N) is 1. The van der Waals surface area contributed by atoms with Crippen molar-refractivity contribution in [1.29, 1.82) is 0 Å². The summed E-state index contributed by atoms with van der Waals surface area (Å²) in [4.78, 5) is 29.8. The lowest BCUT2D eigenvalue weighted by Gasteiger charge is -2.35. The van der Waals surface area contributed by atoms with E-state index in [-0.39, 0.29) is 12.4 Å². The maximum atomic E-state index is 12.4. The van der Waals surface area contributed by atoms with Gasteiger partial charge in [-0.15, -0.1) is 0 Å². The van der Waals surface area contributed by atoms with Crippen molar-refractivity contribution in [2.75, 3.05) is 12.3 Å². The van der Waals surface area contributed by atoms with Crippen LogP contribution < -0.4 is 11.5 Å². The van der Waals surface area contributed by atoms with Crippen LogP contribution in [0.1, 0.15) is 35.9 Å². The minimum absolute atomic E-state index is 0.201. The number of Topliss-reactive ketones (excluding diaryl/α,β-unsaturated/α-hetero) is 1. The summed E-state index contributed by atoms with van der Waals surface area (Å²) in [5, 5.41) is 41.2. The van der Waals surface area contributed by atoms with Crippen LogP contribution in [0.4, 0.5) is 5.95 Å². The number of aromatic amines is 1. The fraction of sp³-hybridized carbons (Fsp3) is 0.615. The van der Waals surface area contributed by atoms with Crippen molar-refractivity contribution < 1.29 is 34.8 Å². The molecular weight excluding hydrogens is 324 g/mol. The topological polar surface area (TPSA) is 205 Å². The third kappa shape index (κ3) is 2.37. The van der Waals surface area contributed by atoms with Crippen LogP contribution in [0.5, 0.6) is 0 Å². The Morgan fingerprint density at radius 2 is 2.04 bits per heavy atom. The summed E-state index contributed by atoms with van der Waals surface area (Å²) >= 11 is 0. The molecule has 0 unspecified atom stereocenters. The first-order valence-corrected chi connectivity index (χ1v) is 7.24. The predicted octanol–water partition coefficient (Wildman–Crippen LogP) is -2.91. The SMILES string of the molecule is CCCC(=O)[C@]1(O)[C@H](O)[C@@H](CO)O[C@@]1(O)c1[nH]c(N)nc1C(N)=O. The number of aromatic nitrogens is 2. The van der Waals surface area contributed by atoms with Gasteiger partial charge in [-0.2, -0.15) is 0 Å². The van der Waals surface area contributed by atoms with Gasteiger partial charge < -0.3 is 41.6 Å². The van der Waals surface area contributed by atoms with E-state index in [0.717, 1.165) is 0 Å². The number of rotatable bonds is 6. The summed E-state index contributed by atoms with van der Waals surface area (Å²) in [7, 11) is 0. The highest BCUT2D eigenvalue weighted by atomic mass is 16.7. The molecule has 11 nitrogen and oxygen atoms in total. The van der Waals surface area contributed by atoms with E-state index in [1.807, 2.05) is 0 Å². The molecule has 0 aromatic carbocycles. The molecule has 0 spiro atoms. The number of ether oxygens (including phenoxy) is 1. The van der Waals surface area contributed by atoms with Gasteiger partial charge in [-0.3, -0.25) is 9.59 Å². The van der Waals surface area contributed by atoms with Crippen molar-refractivity contribution in [3.05, 3.63) is 11.4 Å². The fourth-order valence-corrected chi connectivity index (χ4v) is 2.82. The van der Waals surface area contributed by atoms with Crippen LogP contribution >= 0.6 is 0 Å². The van der Waals surface area contributed by atoms with Crippen LogP contribution in [0.3, 0.4) is 0 Å². The van der Waals surface area contributed by atoms with Crippen molar-refractivity contribution in [1.82, 2.24) is 9.97 Å². The number of amides is 1. The first-order valence-electron chi connectivity index (χ1n) is 7.24. The number of carbonyl (C=O) groups is 2. The number of imidazole rings is 1. The van der Waals surface area contributed by atoms with Gasteiger partial charge in [0.2, 0.25) is 5.60 Å². The van der Waals surface area contributed by atoms with Crippen molar-refractivity contribution >= 4 is 17.6 Å². The van der Waals surface area contributed by atoms with Crippen molar-refractivity contribution in [3.63, 3.8) is 0 Å². The molecule has 4 atom stereocenters. The molecule has 9 N–H and O–H groups in total. The largest absolute Gasteiger partial charge is 0.394 e. The Balaban J connectivity index is 2.67. The molecule has 1 fully saturated rings. The van der Waals surface area contributed by atoms with E-state index in [9.17, 15) is 30.0 Å². The Labute approximate surface area is 136 Å². The molecule has 134 valence electrons. The molecule has 2 rings (SSSR count). The van der Waals surface area contributed by atoms with E-state index >= 15 is 0 Å². The molecule has 11 heteroatoms. The lowest BCUT2D eigenvalue weighted by Crippen LogP contribution is -2.60. The fourth-order valence-electron chi connectivity index (χ4n) is 2.82. The zero-order chi connectivity index (χ0) is 18.3. The Kier molecular flexibility index (Phi) is 4.65. The van der Waals surface area contributed by atoms with E-state index in [1.165, 1.54) is 0 Å². The Hall–Kier alpha value is -2.05. The van der Waals surface area contributed by atoms with Crippen LogP contribution in [0.2, 0.25) is 0 Å². The number of nitrogen functional groups attached to an aromatic ring is 1. The van der Waals surface area contributed by atoms with Crippen LogP contribution in [0, 0.1) is 0 Å². The van der Waals surface area contributed by atoms with Gasteiger partial charge in [0.1, 0.15) is 17.9 Å². The maximum absolute atomic E-state index is 12.4. The monoisotopic (exact) mass is 344 g/mol. The number of carbonyl (C=O) groups excluding carboxylic acids is 2. The number of nitrogens with zero attached hydrogens (tertiary/aromatic N) is 1. The number of ketones is 1. The number of hydrogen-bond donors (Lipinski definition) is 7. The Morgan fingerprint density at radius 3 is 2.54 bits per heavy atom. The van der Waals surface area contributed by atoms with Gasteiger partial charge in [0.25, 0.3) is 11.7 Å². The molecule has 0 radical (unpaired) electrons. The molecule has 0 bridgehead atoms. The first-order chi connectivity index (χ1) is 11.1. The Morgan fingerprint density at radius 1 is 1.42 bits per heavy atom. The predicted molar refractivity (Wildman–Crippen MR) is 78.2 cm³/mol. The van der Waals surface area contributed by atoms with E-state index in [4.69, 9.17) is 16.2 Å².